The summed E-state index contributed by atoms with van der Waals surface area (Å²) in [6.07, 6.45) is 2.86. The van der Waals surface area contributed by atoms with Gasteiger partial charge in [0.25, 0.3) is 0 Å². The number of carbonyl (C=O) groups is 1. The van der Waals surface area contributed by atoms with Crippen LogP contribution in [0.5, 0.6) is 11.5 Å². The third-order valence-electron chi connectivity index (χ3n) is 3.05. The van der Waals surface area contributed by atoms with Gasteiger partial charge in [0.1, 0.15) is 6.61 Å². The molecule has 5 nitrogen and oxygen atoms in total. The Kier molecular flexibility index (Phi) is 5.37. The Balaban J connectivity index is 1.95. The van der Waals surface area contributed by atoms with Crippen molar-refractivity contribution < 1.29 is 19.4 Å². The molecular formula is C18H15NO4. The van der Waals surface area contributed by atoms with E-state index in [-0.39, 0.29) is 12.4 Å². The minimum atomic E-state index is -0.501. The second-order valence-corrected chi connectivity index (χ2v) is 4.68. The number of phenols is 1. The first-order valence-corrected chi connectivity index (χ1v) is 6.83. The van der Waals surface area contributed by atoms with Crippen molar-refractivity contribution in [1.82, 2.24) is 0 Å². The number of methoxy groups -OCH3 is 1. The van der Waals surface area contributed by atoms with Crippen molar-refractivity contribution in [2.75, 3.05) is 7.11 Å². The number of nitriles is 1. The number of benzene rings is 2. The predicted octanol–water partition coefficient (Wildman–Crippen LogP) is 3.03. The summed E-state index contributed by atoms with van der Waals surface area (Å²) in [7, 11) is 1.45. The number of esters is 1. The molecule has 116 valence electrons. The number of nitrogens with zero attached hydrogens (tertiary/aromatic N) is 1. The van der Waals surface area contributed by atoms with Gasteiger partial charge in [0.05, 0.1) is 18.7 Å². The second-order valence-electron chi connectivity index (χ2n) is 4.68. The molecular weight excluding hydrogens is 294 g/mol. The highest BCUT2D eigenvalue weighted by Gasteiger charge is 2.03. The molecule has 0 aliphatic heterocycles. The highest BCUT2D eigenvalue weighted by atomic mass is 16.5. The van der Waals surface area contributed by atoms with Crippen molar-refractivity contribution in [3.05, 3.63) is 65.2 Å². The molecule has 2 aromatic rings. The van der Waals surface area contributed by atoms with E-state index in [1.165, 1.54) is 19.3 Å². The van der Waals surface area contributed by atoms with Crippen molar-refractivity contribution in [3.63, 3.8) is 0 Å². The Bertz CT molecular complexity index is 775. The fourth-order valence-electron chi connectivity index (χ4n) is 1.90. The van der Waals surface area contributed by atoms with Crippen LogP contribution in [0, 0.1) is 11.3 Å². The molecule has 1 N–H and O–H groups in total. The lowest BCUT2D eigenvalue weighted by Crippen LogP contribution is -2.00. The van der Waals surface area contributed by atoms with Gasteiger partial charge in [0.15, 0.2) is 11.5 Å². The average Bonchev–Trinajstić information content (AvgIpc) is 2.59. The molecule has 0 atom stereocenters. The largest absolute Gasteiger partial charge is 0.504 e. The molecule has 0 saturated heterocycles. The number of phenolic OH excluding ortho intramolecular Hbond substituents is 1. The molecule has 0 aromatic heterocycles. The van der Waals surface area contributed by atoms with Gasteiger partial charge in [-0.1, -0.05) is 18.2 Å². The Hall–Kier alpha value is -3.26. The zero-order valence-corrected chi connectivity index (χ0v) is 12.5. The number of hydrogen-bond donors (Lipinski definition) is 1. The molecule has 0 aliphatic rings. The van der Waals surface area contributed by atoms with E-state index in [9.17, 15) is 9.90 Å². The van der Waals surface area contributed by atoms with E-state index < -0.39 is 5.97 Å². The Morgan fingerprint density at radius 2 is 2.13 bits per heavy atom. The van der Waals surface area contributed by atoms with Crippen molar-refractivity contribution in [2.24, 2.45) is 0 Å². The SMILES string of the molecule is COc1cc(/C=C/C(=O)OCc2cccc(C#N)c2)ccc1O. The van der Waals surface area contributed by atoms with Gasteiger partial charge in [0, 0.05) is 6.08 Å². The van der Waals surface area contributed by atoms with Crippen LogP contribution in [0.4, 0.5) is 0 Å². The minimum absolute atomic E-state index is 0.0320. The molecule has 2 aromatic carbocycles. The van der Waals surface area contributed by atoms with Gasteiger partial charge in [-0.05, 0) is 41.5 Å². The molecule has 0 bridgehead atoms. The summed E-state index contributed by atoms with van der Waals surface area (Å²) >= 11 is 0. The van der Waals surface area contributed by atoms with Gasteiger partial charge in [-0.25, -0.2) is 4.79 Å². The lowest BCUT2D eigenvalue weighted by atomic mass is 10.1. The van der Waals surface area contributed by atoms with Crippen LogP contribution in [-0.2, 0) is 16.1 Å². The number of rotatable bonds is 5. The highest BCUT2D eigenvalue weighted by Crippen LogP contribution is 2.26. The van der Waals surface area contributed by atoms with Crippen LogP contribution in [-0.4, -0.2) is 18.2 Å². The highest BCUT2D eigenvalue weighted by molar-refractivity contribution is 5.87. The molecule has 5 heteroatoms. The van der Waals surface area contributed by atoms with Gasteiger partial charge >= 0.3 is 5.97 Å². The zero-order chi connectivity index (χ0) is 16.7. The molecule has 23 heavy (non-hydrogen) atoms. The Morgan fingerprint density at radius 1 is 1.30 bits per heavy atom. The summed E-state index contributed by atoms with van der Waals surface area (Å²) in [6.45, 7) is 0.0948. The van der Waals surface area contributed by atoms with E-state index in [2.05, 4.69) is 0 Å². The molecule has 0 spiro atoms. The minimum Gasteiger partial charge on any atom is -0.504 e. The fraction of sp³-hybridized carbons (Fsp3) is 0.111. The maximum atomic E-state index is 11.7. The van der Waals surface area contributed by atoms with Crippen LogP contribution in [0.15, 0.2) is 48.5 Å². The van der Waals surface area contributed by atoms with E-state index in [4.69, 9.17) is 14.7 Å². The maximum absolute atomic E-state index is 11.7. The molecule has 0 radical (unpaired) electrons. The third kappa shape index (κ3) is 4.61. The number of aromatic hydroxyl groups is 1. The maximum Gasteiger partial charge on any atom is 0.331 e. The molecule has 0 heterocycles. The van der Waals surface area contributed by atoms with Gasteiger partial charge in [-0.2, -0.15) is 5.26 Å². The fourth-order valence-corrected chi connectivity index (χ4v) is 1.90. The molecule has 0 fully saturated rings. The lowest BCUT2D eigenvalue weighted by molar-refractivity contribution is -0.138. The molecule has 0 aliphatic carbocycles. The van der Waals surface area contributed by atoms with Crippen LogP contribution in [0.1, 0.15) is 16.7 Å². The average molecular weight is 309 g/mol. The van der Waals surface area contributed by atoms with E-state index in [1.807, 2.05) is 6.07 Å². The Labute approximate surface area is 134 Å². The number of carbonyl (C=O) groups excluding carboxylic acids is 1. The smallest absolute Gasteiger partial charge is 0.331 e. The van der Waals surface area contributed by atoms with Gasteiger partial charge < -0.3 is 14.6 Å². The van der Waals surface area contributed by atoms with E-state index in [0.29, 0.717) is 16.9 Å². The van der Waals surface area contributed by atoms with Crippen LogP contribution < -0.4 is 4.74 Å². The van der Waals surface area contributed by atoms with Crippen molar-refractivity contribution in [1.29, 1.82) is 5.26 Å². The molecule has 0 unspecified atom stereocenters. The van der Waals surface area contributed by atoms with E-state index in [1.54, 1.807) is 42.5 Å². The molecule has 0 amide bonds. The lowest BCUT2D eigenvalue weighted by Gasteiger charge is -2.04. The first kappa shape index (κ1) is 16.1. The van der Waals surface area contributed by atoms with Crippen LogP contribution in [0.3, 0.4) is 0 Å². The van der Waals surface area contributed by atoms with Gasteiger partial charge in [-0.15, -0.1) is 0 Å². The van der Waals surface area contributed by atoms with Crippen molar-refractivity contribution >= 4 is 12.0 Å². The summed E-state index contributed by atoms with van der Waals surface area (Å²) in [5.74, 6) is -0.141. The van der Waals surface area contributed by atoms with Gasteiger partial charge in [0.2, 0.25) is 0 Å². The van der Waals surface area contributed by atoms with Gasteiger partial charge in [-0.3, -0.25) is 0 Å². The van der Waals surface area contributed by atoms with Crippen LogP contribution in [0.2, 0.25) is 0 Å². The zero-order valence-electron chi connectivity index (χ0n) is 12.5. The Morgan fingerprint density at radius 3 is 2.87 bits per heavy atom. The normalized spacial score (nSPS) is 10.3. The van der Waals surface area contributed by atoms with E-state index in [0.717, 1.165) is 5.56 Å². The summed E-state index contributed by atoms with van der Waals surface area (Å²) in [5, 5.41) is 18.3. The van der Waals surface area contributed by atoms with Crippen LogP contribution in [0.25, 0.3) is 6.08 Å². The number of ether oxygens (including phenoxy) is 2. The monoisotopic (exact) mass is 309 g/mol. The van der Waals surface area contributed by atoms with Crippen LogP contribution >= 0.6 is 0 Å². The van der Waals surface area contributed by atoms with E-state index >= 15 is 0 Å². The molecule has 0 saturated carbocycles. The first-order chi connectivity index (χ1) is 11.1. The number of hydrogen-bond acceptors (Lipinski definition) is 5. The summed E-state index contributed by atoms with van der Waals surface area (Å²) < 4.78 is 10.1. The van der Waals surface area contributed by atoms with Crippen molar-refractivity contribution in [2.45, 2.75) is 6.61 Å². The predicted molar refractivity (Wildman–Crippen MR) is 84.6 cm³/mol. The topological polar surface area (TPSA) is 79.5 Å². The third-order valence-corrected chi connectivity index (χ3v) is 3.05. The second kappa shape index (κ2) is 7.66. The summed E-state index contributed by atoms with van der Waals surface area (Å²) in [6, 6.07) is 13.6. The summed E-state index contributed by atoms with van der Waals surface area (Å²) in [4.78, 5) is 11.7. The standard InChI is InChI=1S/C18H15NO4/c1-22-17-10-13(5-7-16(17)20)6-8-18(21)23-12-15-4-2-3-14(9-15)11-19/h2-10,20H,12H2,1H3/b8-6+. The van der Waals surface area contributed by atoms with Crippen molar-refractivity contribution in [3.8, 4) is 17.6 Å². The summed E-state index contributed by atoms with van der Waals surface area (Å²) in [5.41, 5.74) is 1.96. The quantitative estimate of drug-likeness (QED) is 0.678. The molecule has 2 rings (SSSR count). The first-order valence-electron chi connectivity index (χ1n) is 6.83.